The molecule has 1 aromatic carbocycles. The SMILES string of the molecule is COc1ccc(SCc2cccnc2)cc1. The summed E-state index contributed by atoms with van der Waals surface area (Å²) in [4.78, 5) is 5.33. The second-order valence-electron chi connectivity index (χ2n) is 3.33. The van der Waals surface area contributed by atoms with Crippen LogP contribution >= 0.6 is 11.8 Å². The molecule has 0 N–H and O–H groups in total. The Morgan fingerprint density at radius 2 is 2.00 bits per heavy atom. The monoisotopic (exact) mass is 231 g/mol. The van der Waals surface area contributed by atoms with Crippen LogP contribution in [0.25, 0.3) is 0 Å². The number of rotatable bonds is 4. The molecule has 0 amide bonds. The molecule has 0 fully saturated rings. The van der Waals surface area contributed by atoms with Crippen LogP contribution in [-0.2, 0) is 5.75 Å². The highest BCUT2D eigenvalue weighted by Gasteiger charge is 1.96. The van der Waals surface area contributed by atoms with Gasteiger partial charge in [0, 0.05) is 23.0 Å². The molecule has 2 aromatic rings. The van der Waals surface area contributed by atoms with Crippen molar-refractivity contribution in [3.8, 4) is 5.75 Å². The molecule has 2 nitrogen and oxygen atoms in total. The van der Waals surface area contributed by atoms with Crippen LogP contribution in [0.3, 0.4) is 0 Å². The molecule has 2 rings (SSSR count). The summed E-state index contributed by atoms with van der Waals surface area (Å²) < 4.78 is 5.11. The van der Waals surface area contributed by atoms with Crippen LogP contribution in [0.1, 0.15) is 5.56 Å². The fourth-order valence-corrected chi connectivity index (χ4v) is 2.15. The van der Waals surface area contributed by atoms with Gasteiger partial charge in [-0.25, -0.2) is 0 Å². The van der Waals surface area contributed by atoms with Crippen molar-refractivity contribution >= 4 is 11.8 Å². The van der Waals surface area contributed by atoms with Crippen molar-refractivity contribution in [2.24, 2.45) is 0 Å². The Morgan fingerprint density at radius 3 is 2.62 bits per heavy atom. The summed E-state index contributed by atoms with van der Waals surface area (Å²) >= 11 is 1.80. The van der Waals surface area contributed by atoms with E-state index in [1.807, 2.05) is 24.4 Å². The lowest BCUT2D eigenvalue weighted by Crippen LogP contribution is -1.83. The third-order valence-electron chi connectivity index (χ3n) is 2.19. The van der Waals surface area contributed by atoms with E-state index in [9.17, 15) is 0 Å². The summed E-state index contributed by atoms with van der Waals surface area (Å²) in [7, 11) is 1.68. The maximum atomic E-state index is 5.11. The van der Waals surface area contributed by atoms with Crippen LogP contribution in [-0.4, -0.2) is 12.1 Å². The molecule has 0 aliphatic rings. The van der Waals surface area contributed by atoms with E-state index >= 15 is 0 Å². The lowest BCUT2D eigenvalue weighted by molar-refractivity contribution is 0.414. The zero-order valence-corrected chi connectivity index (χ0v) is 9.91. The lowest BCUT2D eigenvalue weighted by Gasteiger charge is -2.03. The summed E-state index contributed by atoms with van der Waals surface area (Å²) in [6.07, 6.45) is 3.69. The average Bonchev–Trinajstić information content (AvgIpc) is 2.38. The Morgan fingerprint density at radius 1 is 1.19 bits per heavy atom. The van der Waals surface area contributed by atoms with Gasteiger partial charge in [0.15, 0.2) is 0 Å². The molecule has 1 heterocycles. The number of aromatic nitrogens is 1. The Balaban J connectivity index is 1.94. The predicted octanol–water partition coefficient (Wildman–Crippen LogP) is 3.38. The minimum Gasteiger partial charge on any atom is -0.497 e. The van der Waals surface area contributed by atoms with Gasteiger partial charge in [-0.05, 0) is 35.9 Å². The molecule has 0 aliphatic carbocycles. The van der Waals surface area contributed by atoms with Crippen molar-refractivity contribution in [3.05, 3.63) is 54.4 Å². The van der Waals surface area contributed by atoms with Crippen LogP contribution in [0.15, 0.2) is 53.7 Å². The zero-order valence-electron chi connectivity index (χ0n) is 9.09. The van der Waals surface area contributed by atoms with E-state index in [0.29, 0.717) is 0 Å². The van der Waals surface area contributed by atoms with E-state index < -0.39 is 0 Å². The standard InChI is InChI=1S/C13H13NOS/c1-15-12-4-6-13(7-5-12)16-10-11-3-2-8-14-9-11/h2-9H,10H2,1H3. The molecule has 16 heavy (non-hydrogen) atoms. The van der Waals surface area contributed by atoms with Crippen LogP contribution in [0, 0.1) is 0 Å². The van der Waals surface area contributed by atoms with E-state index in [2.05, 4.69) is 23.2 Å². The average molecular weight is 231 g/mol. The molecule has 3 heteroatoms. The number of thioether (sulfide) groups is 1. The van der Waals surface area contributed by atoms with Crippen LogP contribution < -0.4 is 4.74 Å². The predicted molar refractivity (Wildman–Crippen MR) is 66.8 cm³/mol. The fourth-order valence-electron chi connectivity index (χ4n) is 1.32. The first-order valence-electron chi connectivity index (χ1n) is 5.04. The second kappa shape index (κ2) is 5.56. The number of hydrogen-bond acceptors (Lipinski definition) is 3. The van der Waals surface area contributed by atoms with Gasteiger partial charge in [0.25, 0.3) is 0 Å². The first-order chi connectivity index (χ1) is 7.88. The van der Waals surface area contributed by atoms with E-state index in [4.69, 9.17) is 4.74 Å². The van der Waals surface area contributed by atoms with Gasteiger partial charge in [-0.2, -0.15) is 0 Å². The Hall–Kier alpha value is -1.48. The molecule has 0 atom stereocenters. The van der Waals surface area contributed by atoms with Crippen molar-refractivity contribution in [3.63, 3.8) is 0 Å². The molecule has 0 aliphatic heterocycles. The first kappa shape index (κ1) is 11.0. The molecule has 0 bridgehead atoms. The summed E-state index contributed by atoms with van der Waals surface area (Å²) in [5.74, 6) is 1.84. The van der Waals surface area contributed by atoms with E-state index in [0.717, 1.165) is 11.5 Å². The van der Waals surface area contributed by atoms with Crippen molar-refractivity contribution in [1.82, 2.24) is 4.98 Å². The number of benzene rings is 1. The summed E-state index contributed by atoms with van der Waals surface area (Å²) in [5, 5.41) is 0. The highest BCUT2D eigenvalue weighted by atomic mass is 32.2. The molecule has 82 valence electrons. The Labute approximate surface area is 99.7 Å². The topological polar surface area (TPSA) is 22.1 Å². The summed E-state index contributed by atoms with van der Waals surface area (Å²) in [5.41, 5.74) is 1.24. The smallest absolute Gasteiger partial charge is 0.118 e. The maximum Gasteiger partial charge on any atom is 0.118 e. The van der Waals surface area contributed by atoms with Crippen LogP contribution in [0.2, 0.25) is 0 Å². The largest absolute Gasteiger partial charge is 0.497 e. The second-order valence-corrected chi connectivity index (χ2v) is 4.37. The third-order valence-corrected chi connectivity index (χ3v) is 3.27. The minimum atomic E-state index is 0.894. The van der Waals surface area contributed by atoms with Gasteiger partial charge in [0.05, 0.1) is 7.11 Å². The van der Waals surface area contributed by atoms with Gasteiger partial charge in [-0.15, -0.1) is 11.8 Å². The molecule has 0 spiro atoms. The number of hydrogen-bond donors (Lipinski definition) is 0. The molecular formula is C13H13NOS. The van der Waals surface area contributed by atoms with Crippen LogP contribution in [0.5, 0.6) is 5.75 Å². The molecule has 0 saturated carbocycles. The van der Waals surface area contributed by atoms with Crippen molar-refractivity contribution in [2.75, 3.05) is 7.11 Å². The van der Waals surface area contributed by atoms with Crippen molar-refractivity contribution in [1.29, 1.82) is 0 Å². The molecular weight excluding hydrogens is 218 g/mol. The van der Waals surface area contributed by atoms with E-state index in [1.54, 1.807) is 25.1 Å². The third kappa shape index (κ3) is 3.00. The maximum absolute atomic E-state index is 5.11. The van der Waals surface area contributed by atoms with E-state index in [1.165, 1.54) is 10.5 Å². The zero-order chi connectivity index (χ0) is 11.2. The molecule has 0 unspecified atom stereocenters. The lowest BCUT2D eigenvalue weighted by atomic mass is 10.3. The molecule has 0 saturated heterocycles. The Bertz CT molecular complexity index is 427. The van der Waals surface area contributed by atoms with Crippen molar-refractivity contribution < 1.29 is 4.74 Å². The highest BCUT2D eigenvalue weighted by Crippen LogP contribution is 2.24. The fraction of sp³-hybridized carbons (Fsp3) is 0.154. The normalized spacial score (nSPS) is 10.1. The summed E-state index contributed by atoms with van der Waals surface area (Å²) in [6.45, 7) is 0. The number of methoxy groups -OCH3 is 1. The van der Waals surface area contributed by atoms with Gasteiger partial charge in [-0.3, -0.25) is 4.98 Å². The number of ether oxygens (including phenoxy) is 1. The van der Waals surface area contributed by atoms with Gasteiger partial charge in [0.2, 0.25) is 0 Å². The van der Waals surface area contributed by atoms with Gasteiger partial charge in [0.1, 0.15) is 5.75 Å². The van der Waals surface area contributed by atoms with E-state index in [-0.39, 0.29) is 0 Å². The van der Waals surface area contributed by atoms with Crippen molar-refractivity contribution in [2.45, 2.75) is 10.6 Å². The number of pyridine rings is 1. The highest BCUT2D eigenvalue weighted by molar-refractivity contribution is 7.98. The Kier molecular flexibility index (Phi) is 3.83. The van der Waals surface area contributed by atoms with Gasteiger partial charge < -0.3 is 4.74 Å². The minimum absolute atomic E-state index is 0.894. The van der Waals surface area contributed by atoms with Gasteiger partial charge in [-0.1, -0.05) is 6.07 Å². The molecule has 1 aromatic heterocycles. The first-order valence-corrected chi connectivity index (χ1v) is 6.03. The quantitative estimate of drug-likeness (QED) is 0.753. The molecule has 0 radical (unpaired) electrons. The number of nitrogens with zero attached hydrogens (tertiary/aromatic N) is 1. The van der Waals surface area contributed by atoms with Crippen LogP contribution in [0.4, 0.5) is 0 Å². The van der Waals surface area contributed by atoms with Gasteiger partial charge >= 0.3 is 0 Å². The summed E-state index contributed by atoms with van der Waals surface area (Å²) in [6, 6.07) is 12.1.